The minimum Gasteiger partial charge on any atom is -0.366 e. The number of rotatable bonds is 5. The van der Waals surface area contributed by atoms with Gasteiger partial charge >= 0.3 is 0 Å². The molecule has 0 bridgehead atoms. The van der Waals surface area contributed by atoms with Gasteiger partial charge in [-0.2, -0.15) is 4.31 Å². The van der Waals surface area contributed by atoms with Gasteiger partial charge in [-0.05, 0) is 66.1 Å². The maximum atomic E-state index is 13.4. The molecule has 3 aromatic rings. The van der Waals surface area contributed by atoms with Crippen molar-refractivity contribution in [1.29, 1.82) is 0 Å². The van der Waals surface area contributed by atoms with E-state index in [-0.39, 0.29) is 17.9 Å². The first-order chi connectivity index (χ1) is 15.3. The third-order valence-corrected chi connectivity index (χ3v) is 7.49. The van der Waals surface area contributed by atoms with Gasteiger partial charge in [-0.3, -0.25) is 9.59 Å². The molecule has 3 N–H and O–H groups in total. The van der Waals surface area contributed by atoms with Crippen LogP contribution >= 0.6 is 11.6 Å². The van der Waals surface area contributed by atoms with Gasteiger partial charge in [0.05, 0.1) is 4.90 Å². The largest absolute Gasteiger partial charge is 0.366 e. The van der Waals surface area contributed by atoms with E-state index in [1.54, 1.807) is 12.1 Å². The van der Waals surface area contributed by atoms with Gasteiger partial charge in [-0.1, -0.05) is 35.9 Å². The van der Waals surface area contributed by atoms with Crippen LogP contribution in [0, 0.1) is 0 Å². The average Bonchev–Trinajstić information content (AvgIpc) is 2.78. The summed E-state index contributed by atoms with van der Waals surface area (Å²) in [5.74, 6) is -1.05. The molecule has 0 aliphatic carbocycles. The number of carbonyl (C=O) groups excluding carboxylic acids is 2. The van der Waals surface area contributed by atoms with Crippen molar-refractivity contribution in [2.24, 2.45) is 5.73 Å². The molecule has 1 heterocycles. The Bertz CT molecular complexity index is 1280. The van der Waals surface area contributed by atoms with Crippen LogP contribution in [0.2, 0.25) is 5.02 Å². The Hall–Kier alpha value is -3.20. The Labute approximate surface area is 190 Å². The third kappa shape index (κ3) is 4.38. The Balaban J connectivity index is 1.67. The molecular weight excluding hydrogens is 450 g/mol. The maximum Gasteiger partial charge on any atom is 0.248 e. The molecule has 1 aliphatic rings. The fourth-order valence-electron chi connectivity index (χ4n) is 3.66. The summed E-state index contributed by atoms with van der Waals surface area (Å²) in [5.41, 5.74) is 7.75. The van der Waals surface area contributed by atoms with Crippen LogP contribution < -0.4 is 11.1 Å². The lowest BCUT2D eigenvalue weighted by molar-refractivity contribution is -0.120. The summed E-state index contributed by atoms with van der Waals surface area (Å²) in [6.45, 7) is 0.0693. The van der Waals surface area contributed by atoms with E-state index in [4.69, 9.17) is 17.3 Å². The smallest absolute Gasteiger partial charge is 0.248 e. The van der Waals surface area contributed by atoms with Gasteiger partial charge in [0.1, 0.15) is 6.04 Å². The minimum absolute atomic E-state index is 0.0601. The summed E-state index contributed by atoms with van der Waals surface area (Å²) in [5, 5.41) is 3.17. The van der Waals surface area contributed by atoms with Crippen LogP contribution in [0.4, 0.5) is 5.69 Å². The molecule has 1 aliphatic heterocycles. The molecule has 0 fully saturated rings. The van der Waals surface area contributed by atoms with Gasteiger partial charge in [-0.15, -0.1) is 0 Å². The lowest BCUT2D eigenvalue weighted by Gasteiger charge is -2.35. The molecule has 3 aromatic carbocycles. The quantitative estimate of drug-likeness (QED) is 0.597. The molecular formula is C23H20ClN3O4S. The fourth-order valence-corrected chi connectivity index (χ4v) is 5.35. The van der Waals surface area contributed by atoms with Crippen LogP contribution in [-0.4, -0.2) is 30.6 Å². The summed E-state index contributed by atoms with van der Waals surface area (Å²) < 4.78 is 28.1. The van der Waals surface area contributed by atoms with Gasteiger partial charge in [0.25, 0.3) is 0 Å². The molecule has 0 saturated heterocycles. The predicted molar refractivity (Wildman–Crippen MR) is 122 cm³/mol. The van der Waals surface area contributed by atoms with E-state index in [1.165, 1.54) is 40.7 Å². The summed E-state index contributed by atoms with van der Waals surface area (Å²) in [7, 11) is -3.97. The van der Waals surface area contributed by atoms with Gasteiger partial charge in [0, 0.05) is 22.8 Å². The number of sulfonamides is 1. The number of benzene rings is 3. The standard InChI is InChI=1S/C23H20ClN3O4S/c24-18-7-11-20(12-8-18)32(30,31)27-14-17-4-2-1-3-16(17)13-21(27)23(29)26-19-9-5-15(6-10-19)22(25)28/h1-12,21H,13-14H2,(H2,25,28)(H,26,29). The molecule has 2 amide bonds. The first kappa shape index (κ1) is 22.0. The van der Waals surface area contributed by atoms with E-state index in [0.717, 1.165) is 11.1 Å². The molecule has 0 radical (unpaired) electrons. The first-order valence-electron chi connectivity index (χ1n) is 9.80. The topological polar surface area (TPSA) is 110 Å². The lowest BCUT2D eigenvalue weighted by Crippen LogP contribution is -2.50. The number of hydrogen-bond acceptors (Lipinski definition) is 4. The SMILES string of the molecule is NC(=O)c1ccc(NC(=O)C2Cc3ccccc3CN2S(=O)(=O)c2ccc(Cl)cc2)cc1. The van der Waals surface area contributed by atoms with Crippen LogP contribution in [-0.2, 0) is 27.8 Å². The summed E-state index contributed by atoms with van der Waals surface area (Å²) in [6.07, 6.45) is 0.230. The molecule has 0 spiro atoms. The maximum absolute atomic E-state index is 13.4. The number of primary amides is 1. The van der Waals surface area contributed by atoms with Gasteiger partial charge in [0.2, 0.25) is 21.8 Å². The summed E-state index contributed by atoms with van der Waals surface area (Å²) in [4.78, 5) is 24.5. The highest BCUT2D eigenvalue weighted by molar-refractivity contribution is 7.89. The number of carbonyl (C=O) groups is 2. The predicted octanol–water partition coefficient (Wildman–Crippen LogP) is 3.19. The normalized spacial score (nSPS) is 16.2. The van der Waals surface area contributed by atoms with E-state index >= 15 is 0 Å². The van der Waals surface area contributed by atoms with Crippen LogP contribution in [0.1, 0.15) is 21.5 Å². The highest BCUT2D eigenvalue weighted by atomic mass is 35.5. The number of nitrogens with one attached hydrogen (secondary N) is 1. The van der Waals surface area contributed by atoms with E-state index in [2.05, 4.69) is 5.32 Å². The zero-order valence-corrected chi connectivity index (χ0v) is 18.4. The Morgan fingerprint density at radius 2 is 1.56 bits per heavy atom. The van der Waals surface area contributed by atoms with Crippen LogP contribution in [0.3, 0.4) is 0 Å². The monoisotopic (exact) mass is 469 g/mol. The zero-order valence-electron chi connectivity index (χ0n) is 16.9. The van der Waals surface area contributed by atoms with Crippen molar-refractivity contribution in [2.45, 2.75) is 23.9 Å². The molecule has 7 nitrogen and oxygen atoms in total. The lowest BCUT2D eigenvalue weighted by atomic mass is 9.95. The van der Waals surface area contributed by atoms with E-state index in [9.17, 15) is 18.0 Å². The summed E-state index contributed by atoms with van der Waals surface area (Å²) >= 11 is 5.91. The molecule has 0 aromatic heterocycles. The minimum atomic E-state index is -3.97. The second-order valence-corrected chi connectivity index (χ2v) is 9.75. The second kappa shape index (κ2) is 8.74. The van der Waals surface area contributed by atoms with Crippen molar-refractivity contribution in [1.82, 2.24) is 4.31 Å². The number of nitrogens with zero attached hydrogens (tertiary/aromatic N) is 1. The Morgan fingerprint density at radius 1 is 0.938 bits per heavy atom. The van der Waals surface area contributed by atoms with Gasteiger partial charge < -0.3 is 11.1 Å². The highest BCUT2D eigenvalue weighted by Crippen LogP contribution is 2.30. The number of halogens is 1. The molecule has 164 valence electrons. The number of anilines is 1. The number of nitrogens with two attached hydrogens (primary N) is 1. The third-order valence-electron chi connectivity index (χ3n) is 5.37. The number of hydrogen-bond donors (Lipinski definition) is 2. The van der Waals surface area contributed by atoms with Crippen LogP contribution in [0.15, 0.2) is 77.7 Å². The van der Waals surface area contributed by atoms with Crippen molar-refractivity contribution < 1.29 is 18.0 Å². The van der Waals surface area contributed by atoms with Gasteiger partial charge in [-0.25, -0.2) is 8.42 Å². The summed E-state index contributed by atoms with van der Waals surface area (Å²) in [6, 6.07) is 18.4. The molecule has 0 saturated carbocycles. The Kier molecular flexibility index (Phi) is 6.01. The van der Waals surface area contributed by atoms with Crippen molar-refractivity contribution in [3.05, 3.63) is 94.5 Å². The second-order valence-electron chi connectivity index (χ2n) is 7.42. The number of fused-ring (bicyclic) bond motifs is 1. The van der Waals surface area contributed by atoms with Gasteiger partial charge in [0.15, 0.2) is 0 Å². The molecule has 1 atom stereocenters. The van der Waals surface area contributed by atoms with Crippen LogP contribution in [0.25, 0.3) is 0 Å². The average molecular weight is 470 g/mol. The van der Waals surface area contributed by atoms with E-state index < -0.39 is 27.9 Å². The molecule has 9 heteroatoms. The van der Waals surface area contributed by atoms with E-state index in [1.807, 2.05) is 24.3 Å². The van der Waals surface area contributed by atoms with Crippen molar-refractivity contribution in [2.75, 3.05) is 5.32 Å². The van der Waals surface area contributed by atoms with Crippen LogP contribution in [0.5, 0.6) is 0 Å². The van der Waals surface area contributed by atoms with Crippen molar-refractivity contribution in [3.8, 4) is 0 Å². The molecule has 4 rings (SSSR count). The van der Waals surface area contributed by atoms with Crippen molar-refractivity contribution >= 4 is 39.1 Å². The van der Waals surface area contributed by atoms with E-state index in [0.29, 0.717) is 16.3 Å². The fraction of sp³-hybridized carbons (Fsp3) is 0.130. The highest BCUT2D eigenvalue weighted by Gasteiger charge is 2.39. The molecule has 32 heavy (non-hydrogen) atoms. The van der Waals surface area contributed by atoms with Crippen molar-refractivity contribution in [3.63, 3.8) is 0 Å². The zero-order chi connectivity index (χ0) is 22.9. The number of amides is 2. The molecule has 1 unspecified atom stereocenters. The first-order valence-corrected chi connectivity index (χ1v) is 11.6. The Morgan fingerprint density at radius 3 is 2.19 bits per heavy atom.